The number of piperidine rings is 1. The number of imide groups is 1. The molecule has 0 bridgehead atoms. The number of aliphatic hydroxyl groups is 1. The smallest absolute Gasteiger partial charge is 0.410 e. The van der Waals surface area contributed by atoms with Crippen molar-refractivity contribution < 1.29 is 29.0 Å². The highest BCUT2D eigenvalue weighted by Crippen LogP contribution is 2.41. The van der Waals surface area contributed by atoms with Crippen LogP contribution in [0.1, 0.15) is 41.3 Å². The molecule has 0 aromatic heterocycles. The predicted octanol–water partition coefficient (Wildman–Crippen LogP) is 1.57. The average Bonchev–Trinajstić information content (AvgIpc) is 3.08. The molecule has 3 aliphatic rings. The fourth-order valence-corrected chi connectivity index (χ4v) is 5.10. The van der Waals surface area contributed by atoms with Gasteiger partial charge in [0.1, 0.15) is 12.6 Å². The van der Waals surface area contributed by atoms with Crippen molar-refractivity contribution in [2.24, 2.45) is 0 Å². The Morgan fingerprint density at radius 3 is 2.50 bits per heavy atom. The van der Waals surface area contributed by atoms with Gasteiger partial charge in [0.25, 0.3) is 5.91 Å². The Labute approximate surface area is 208 Å². The maximum Gasteiger partial charge on any atom is 0.410 e. The van der Waals surface area contributed by atoms with E-state index in [4.69, 9.17) is 4.74 Å². The molecular formula is C26H28N4O6. The van der Waals surface area contributed by atoms with Crippen LogP contribution in [0.15, 0.2) is 48.5 Å². The zero-order chi connectivity index (χ0) is 25.4. The maximum absolute atomic E-state index is 13.1. The van der Waals surface area contributed by atoms with Crippen molar-refractivity contribution in [2.75, 3.05) is 31.1 Å². The number of amides is 4. The summed E-state index contributed by atoms with van der Waals surface area (Å²) in [5, 5.41) is 13.6. The van der Waals surface area contributed by atoms with Crippen LogP contribution in [0.5, 0.6) is 0 Å². The Morgan fingerprint density at radius 1 is 1.08 bits per heavy atom. The van der Waals surface area contributed by atoms with E-state index < -0.39 is 23.6 Å². The van der Waals surface area contributed by atoms with E-state index in [0.29, 0.717) is 37.3 Å². The van der Waals surface area contributed by atoms with Crippen LogP contribution < -0.4 is 10.2 Å². The van der Waals surface area contributed by atoms with Gasteiger partial charge in [-0.25, -0.2) is 4.79 Å². The summed E-state index contributed by atoms with van der Waals surface area (Å²) in [6.45, 7) is 3.78. The standard InChI is InChI=1S/C26H28N4O6/c1-26(35)20-15-18(7-8-19(20)24(33)30(26)21-9-10-22(31)27-23(21)32)28-11-13-29(14-12-28)25(34)36-16-17-5-3-2-4-6-17/h2-8,15,21,35H,9-14,16H2,1H3,(H,27,31,32). The number of rotatable bonds is 4. The normalized spacial score (nSPS) is 24.0. The maximum atomic E-state index is 13.1. The van der Waals surface area contributed by atoms with E-state index in [0.717, 1.165) is 11.3 Å². The third kappa shape index (κ3) is 4.28. The highest BCUT2D eigenvalue weighted by atomic mass is 16.6. The fraction of sp³-hybridized carbons (Fsp3) is 0.385. The summed E-state index contributed by atoms with van der Waals surface area (Å²) in [5.74, 6) is -1.41. The second-order valence-corrected chi connectivity index (χ2v) is 9.41. The first kappa shape index (κ1) is 23.8. The Morgan fingerprint density at radius 2 is 1.81 bits per heavy atom. The minimum absolute atomic E-state index is 0.107. The number of anilines is 1. The molecule has 10 nitrogen and oxygen atoms in total. The molecule has 0 radical (unpaired) electrons. The molecule has 0 spiro atoms. The summed E-state index contributed by atoms with van der Waals surface area (Å²) in [4.78, 5) is 54.5. The largest absolute Gasteiger partial charge is 0.445 e. The number of carbonyl (C=O) groups is 4. The Hall–Kier alpha value is -3.92. The molecule has 3 aliphatic heterocycles. The molecule has 0 saturated carbocycles. The van der Waals surface area contributed by atoms with E-state index in [1.807, 2.05) is 36.4 Å². The summed E-state index contributed by atoms with van der Waals surface area (Å²) >= 11 is 0. The number of nitrogens with zero attached hydrogens (tertiary/aromatic N) is 3. The van der Waals surface area contributed by atoms with Gasteiger partial charge in [0, 0.05) is 49.4 Å². The van der Waals surface area contributed by atoms with E-state index in [9.17, 15) is 24.3 Å². The van der Waals surface area contributed by atoms with Gasteiger partial charge in [0.05, 0.1) is 0 Å². The van der Waals surface area contributed by atoms with Gasteiger partial charge >= 0.3 is 6.09 Å². The highest BCUT2D eigenvalue weighted by Gasteiger charge is 2.51. The molecule has 2 atom stereocenters. The topological polar surface area (TPSA) is 119 Å². The zero-order valence-electron chi connectivity index (χ0n) is 20.0. The van der Waals surface area contributed by atoms with E-state index in [2.05, 4.69) is 10.2 Å². The Balaban J connectivity index is 1.25. The summed E-state index contributed by atoms with van der Waals surface area (Å²) in [6.07, 6.45) is -0.0908. The molecule has 2 aromatic rings. The summed E-state index contributed by atoms with van der Waals surface area (Å²) in [7, 11) is 0. The highest BCUT2D eigenvalue weighted by molar-refractivity contribution is 6.06. The molecule has 36 heavy (non-hydrogen) atoms. The summed E-state index contributed by atoms with van der Waals surface area (Å²) < 4.78 is 5.43. The van der Waals surface area contributed by atoms with E-state index in [1.165, 1.54) is 11.8 Å². The molecule has 10 heteroatoms. The number of fused-ring (bicyclic) bond motifs is 1. The van der Waals surface area contributed by atoms with Crippen LogP contribution in [0.25, 0.3) is 0 Å². The lowest BCUT2D eigenvalue weighted by molar-refractivity contribution is -0.146. The van der Waals surface area contributed by atoms with Gasteiger partial charge in [-0.1, -0.05) is 30.3 Å². The molecule has 2 unspecified atom stereocenters. The second-order valence-electron chi connectivity index (χ2n) is 9.41. The SMILES string of the molecule is CC1(O)c2cc(N3CCN(C(=O)OCc4ccccc4)CC3)ccc2C(=O)N1C1CCC(=O)NC1=O. The van der Waals surface area contributed by atoms with Crippen LogP contribution in [-0.4, -0.2) is 70.9 Å². The van der Waals surface area contributed by atoms with Gasteiger partial charge in [0.2, 0.25) is 11.8 Å². The number of nitrogens with one attached hydrogen (secondary N) is 1. The van der Waals surface area contributed by atoms with Gasteiger partial charge in [-0.15, -0.1) is 0 Å². The van der Waals surface area contributed by atoms with E-state index in [1.54, 1.807) is 17.0 Å². The number of hydrogen-bond donors (Lipinski definition) is 2. The lowest BCUT2D eigenvalue weighted by Crippen LogP contribution is -2.57. The molecular weight excluding hydrogens is 464 g/mol. The monoisotopic (exact) mass is 492 g/mol. The van der Waals surface area contributed by atoms with Gasteiger partial charge in [-0.2, -0.15) is 0 Å². The van der Waals surface area contributed by atoms with Crippen molar-refractivity contribution in [1.29, 1.82) is 0 Å². The predicted molar refractivity (Wildman–Crippen MR) is 129 cm³/mol. The first-order valence-corrected chi connectivity index (χ1v) is 12.0. The van der Waals surface area contributed by atoms with Crippen molar-refractivity contribution in [2.45, 2.75) is 38.1 Å². The fourth-order valence-electron chi connectivity index (χ4n) is 5.10. The minimum Gasteiger partial charge on any atom is -0.445 e. The van der Waals surface area contributed by atoms with Crippen molar-refractivity contribution in [3.63, 3.8) is 0 Å². The number of piperazine rings is 1. The molecule has 3 heterocycles. The van der Waals surface area contributed by atoms with Crippen molar-refractivity contribution >= 4 is 29.5 Å². The number of hydrogen-bond acceptors (Lipinski definition) is 7. The van der Waals surface area contributed by atoms with Crippen LogP contribution in [0.3, 0.4) is 0 Å². The molecule has 188 valence electrons. The molecule has 2 N–H and O–H groups in total. The second kappa shape index (κ2) is 9.27. The molecule has 5 rings (SSSR count). The lowest BCUT2D eigenvalue weighted by atomic mass is 9.99. The van der Waals surface area contributed by atoms with E-state index >= 15 is 0 Å². The number of carbonyl (C=O) groups excluding carboxylic acids is 4. The minimum atomic E-state index is -1.70. The molecule has 0 aliphatic carbocycles. The average molecular weight is 493 g/mol. The first-order valence-electron chi connectivity index (χ1n) is 12.0. The third-order valence-corrected chi connectivity index (χ3v) is 7.06. The quantitative estimate of drug-likeness (QED) is 0.622. The Bertz CT molecular complexity index is 1210. The van der Waals surface area contributed by atoms with Crippen LogP contribution in [0.4, 0.5) is 10.5 Å². The van der Waals surface area contributed by atoms with Gasteiger partial charge < -0.3 is 19.6 Å². The van der Waals surface area contributed by atoms with Crippen LogP contribution in [-0.2, 0) is 26.7 Å². The number of benzene rings is 2. The van der Waals surface area contributed by atoms with Gasteiger partial charge in [0.15, 0.2) is 5.72 Å². The zero-order valence-corrected chi connectivity index (χ0v) is 20.0. The third-order valence-electron chi connectivity index (χ3n) is 7.06. The summed E-state index contributed by atoms with van der Waals surface area (Å²) in [6, 6.07) is 13.8. The van der Waals surface area contributed by atoms with Crippen LogP contribution in [0.2, 0.25) is 0 Å². The van der Waals surface area contributed by atoms with Gasteiger partial charge in [-0.3, -0.25) is 24.6 Å². The first-order chi connectivity index (χ1) is 17.3. The van der Waals surface area contributed by atoms with Gasteiger partial charge in [-0.05, 0) is 37.1 Å². The van der Waals surface area contributed by atoms with Crippen molar-refractivity contribution in [3.8, 4) is 0 Å². The number of ether oxygens (including phenoxy) is 1. The molecule has 2 aromatic carbocycles. The van der Waals surface area contributed by atoms with Crippen molar-refractivity contribution in [1.82, 2.24) is 15.1 Å². The van der Waals surface area contributed by atoms with Crippen molar-refractivity contribution in [3.05, 3.63) is 65.2 Å². The van der Waals surface area contributed by atoms with Crippen LogP contribution >= 0.6 is 0 Å². The molecule has 4 amide bonds. The Kier molecular flexibility index (Phi) is 6.13. The summed E-state index contributed by atoms with van der Waals surface area (Å²) in [5.41, 5.74) is 0.782. The molecule has 2 saturated heterocycles. The molecule has 2 fully saturated rings. The van der Waals surface area contributed by atoms with E-state index in [-0.39, 0.29) is 31.4 Å². The lowest BCUT2D eigenvalue weighted by Gasteiger charge is -2.38. The van der Waals surface area contributed by atoms with Crippen LogP contribution in [0, 0.1) is 0 Å².